The predicted molar refractivity (Wildman–Crippen MR) is 93.5 cm³/mol. The molecular weight excluding hydrogens is 336 g/mol. The highest BCUT2D eigenvalue weighted by Gasteiger charge is 2.21. The molecule has 1 N–H and O–H groups in total. The van der Waals surface area contributed by atoms with E-state index in [0.717, 1.165) is 16.1 Å². The molecule has 23 heavy (non-hydrogen) atoms. The molecule has 0 aliphatic carbocycles. The number of halogens is 1. The van der Waals surface area contributed by atoms with Gasteiger partial charge in [0.2, 0.25) is 15.9 Å². The van der Waals surface area contributed by atoms with Crippen LogP contribution in [0.5, 0.6) is 0 Å². The largest absolute Gasteiger partial charge is 0.324 e. The van der Waals surface area contributed by atoms with E-state index >= 15 is 0 Å². The molecule has 122 valence electrons. The summed E-state index contributed by atoms with van der Waals surface area (Å²) in [5.41, 5.74) is 1.88. The number of carbonyl (C=O) groups excluding carboxylic acids is 1. The van der Waals surface area contributed by atoms with Gasteiger partial charge in [-0.15, -0.1) is 0 Å². The Labute approximate surface area is 140 Å². The Morgan fingerprint density at radius 1 is 1.17 bits per heavy atom. The monoisotopic (exact) mass is 352 g/mol. The smallest absolute Gasteiger partial charge is 0.245 e. The Bertz CT molecular complexity index is 822. The first-order valence-corrected chi connectivity index (χ1v) is 9.08. The summed E-state index contributed by atoms with van der Waals surface area (Å²) in [6.45, 7) is 1.55. The van der Waals surface area contributed by atoms with Crippen LogP contribution in [0.15, 0.2) is 48.5 Å². The van der Waals surface area contributed by atoms with Crippen molar-refractivity contribution in [1.82, 2.24) is 0 Å². The molecule has 0 radical (unpaired) electrons. The molecule has 0 unspecified atom stereocenters. The molecule has 5 nitrogen and oxygen atoms in total. The van der Waals surface area contributed by atoms with E-state index in [2.05, 4.69) is 5.32 Å². The zero-order valence-electron chi connectivity index (χ0n) is 12.8. The minimum absolute atomic E-state index is 0.311. The lowest BCUT2D eigenvalue weighted by Crippen LogP contribution is -2.37. The van der Waals surface area contributed by atoms with Crippen LogP contribution in [0.25, 0.3) is 0 Å². The van der Waals surface area contributed by atoms with E-state index in [0.29, 0.717) is 16.4 Å². The molecule has 0 bridgehead atoms. The van der Waals surface area contributed by atoms with Crippen molar-refractivity contribution in [3.05, 3.63) is 59.1 Å². The molecule has 0 aliphatic heterocycles. The molecule has 2 aromatic carbocycles. The van der Waals surface area contributed by atoms with Crippen molar-refractivity contribution in [3.63, 3.8) is 0 Å². The molecule has 0 saturated carbocycles. The number of anilines is 2. The average molecular weight is 353 g/mol. The van der Waals surface area contributed by atoms with Gasteiger partial charge in [-0.25, -0.2) is 8.42 Å². The van der Waals surface area contributed by atoms with Gasteiger partial charge in [0.25, 0.3) is 0 Å². The van der Waals surface area contributed by atoms with Crippen LogP contribution in [0.2, 0.25) is 5.02 Å². The Kier molecular flexibility index (Phi) is 5.28. The predicted octanol–water partition coefficient (Wildman–Crippen LogP) is 3.05. The molecule has 0 fully saturated rings. The molecule has 0 saturated heterocycles. The van der Waals surface area contributed by atoms with Gasteiger partial charge in [-0.05, 0) is 42.8 Å². The van der Waals surface area contributed by atoms with E-state index in [4.69, 9.17) is 11.6 Å². The van der Waals surface area contributed by atoms with E-state index in [-0.39, 0.29) is 6.54 Å². The Morgan fingerprint density at radius 3 is 2.48 bits per heavy atom. The molecule has 0 aliphatic rings. The van der Waals surface area contributed by atoms with Crippen LogP contribution >= 0.6 is 11.6 Å². The lowest BCUT2D eigenvalue weighted by molar-refractivity contribution is -0.114. The van der Waals surface area contributed by atoms with Crippen LogP contribution < -0.4 is 9.62 Å². The van der Waals surface area contributed by atoms with Crippen LogP contribution in [0.4, 0.5) is 11.4 Å². The number of sulfonamides is 1. The van der Waals surface area contributed by atoms with Crippen molar-refractivity contribution in [2.45, 2.75) is 6.92 Å². The van der Waals surface area contributed by atoms with Gasteiger partial charge in [-0.2, -0.15) is 0 Å². The van der Waals surface area contributed by atoms with Crippen LogP contribution in [-0.2, 0) is 14.8 Å². The normalized spacial score (nSPS) is 11.1. The first-order valence-electron chi connectivity index (χ1n) is 6.85. The fraction of sp³-hybridized carbons (Fsp3) is 0.188. The van der Waals surface area contributed by atoms with E-state index < -0.39 is 15.9 Å². The number of benzene rings is 2. The summed E-state index contributed by atoms with van der Waals surface area (Å²) in [5, 5.41) is 3.13. The van der Waals surface area contributed by atoms with Crippen molar-refractivity contribution >= 4 is 38.9 Å². The summed E-state index contributed by atoms with van der Waals surface area (Å²) < 4.78 is 25.1. The van der Waals surface area contributed by atoms with Crippen molar-refractivity contribution in [2.75, 3.05) is 22.4 Å². The number of hydrogen-bond donors (Lipinski definition) is 1. The maximum Gasteiger partial charge on any atom is 0.245 e. The zero-order valence-corrected chi connectivity index (χ0v) is 14.4. The van der Waals surface area contributed by atoms with Crippen molar-refractivity contribution in [1.29, 1.82) is 0 Å². The third kappa shape index (κ3) is 4.97. The summed E-state index contributed by atoms with van der Waals surface area (Å²) in [4.78, 5) is 12.2. The molecule has 2 rings (SSSR count). The Hall–Kier alpha value is -2.05. The first-order chi connectivity index (χ1) is 10.8. The minimum atomic E-state index is -3.58. The highest BCUT2D eigenvalue weighted by Crippen LogP contribution is 2.19. The quantitative estimate of drug-likeness (QED) is 0.899. The summed E-state index contributed by atoms with van der Waals surface area (Å²) in [6, 6.07) is 13.6. The Morgan fingerprint density at radius 2 is 1.87 bits per heavy atom. The van der Waals surface area contributed by atoms with Gasteiger partial charge < -0.3 is 5.32 Å². The Balaban J connectivity index is 2.20. The minimum Gasteiger partial charge on any atom is -0.324 e. The molecule has 0 heterocycles. The number of carbonyl (C=O) groups is 1. The molecule has 0 spiro atoms. The van der Waals surface area contributed by atoms with Crippen LogP contribution in [0.1, 0.15) is 5.56 Å². The van der Waals surface area contributed by atoms with Crippen LogP contribution in [-0.4, -0.2) is 27.1 Å². The topological polar surface area (TPSA) is 66.5 Å². The third-order valence-corrected chi connectivity index (χ3v) is 4.46. The number of nitrogens with one attached hydrogen (secondary N) is 1. The number of hydrogen-bond acceptors (Lipinski definition) is 3. The fourth-order valence-electron chi connectivity index (χ4n) is 2.08. The van der Waals surface area contributed by atoms with Gasteiger partial charge in [-0.1, -0.05) is 29.8 Å². The van der Waals surface area contributed by atoms with Gasteiger partial charge in [0.1, 0.15) is 6.54 Å². The van der Waals surface area contributed by atoms with Crippen molar-refractivity contribution in [3.8, 4) is 0 Å². The maximum absolute atomic E-state index is 12.2. The van der Waals surface area contributed by atoms with Crippen LogP contribution in [0.3, 0.4) is 0 Å². The molecule has 7 heteroatoms. The van der Waals surface area contributed by atoms with E-state index in [9.17, 15) is 13.2 Å². The molecule has 0 aromatic heterocycles. The number of nitrogens with zero attached hydrogens (tertiary/aromatic N) is 1. The second-order valence-electron chi connectivity index (χ2n) is 5.17. The first kappa shape index (κ1) is 17.3. The summed E-state index contributed by atoms with van der Waals surface area (Å²) in [7, 11) is -3.58. The maximum atomic E-state index is 12.2. The standard InChI is InChI=1S/C16H17ClN2O3S/c1-12-5-3-8-15(9-12)19(23(2,21)22)11-16(20)18-14-7-4-6-13(17)10-14/h3-10H,11H2,1-2H3,(H,18,20). The van der Waals surface area contributed by atoms with E-state index in [1.165, 1.54) is 0 Å². The SMILES string of the molecule is Cc1cccc(N(CC(=O)Nc2cccc(Cl)c2)S(C)(=O)=O)c1. The zero-order chi connectivity index (χ0) is 17.0. The summed E-state index contributed by atoms with van der Waals surface area (Å²) >= 11 is 5.86. The molecule has 1 amide bonds. The number of amides is 1. The van der Waals surface area contributed by atoms with Crippen molar-refractivity contribution in [2.24, 2.45) is 0 Å². The number of aryl methyl sites for hydroxylation is 1. The summed E-state index contributed by atoms with van der Waals surface area (Å²) in [5.74, 6) is -0.445. The van der Waals surface area contributed by atoms with Gasteiger partial charge >= 0.3 is 0 Å². The van der Waals surface area contributed by atoms with Crippen LogP contribution in [0, 0.1) is 6.92 Å². The molecule has 0 atom stereocenters. The van der Waals surface area contributed by atoms with Gasteiger partial charge in [0.15, 0.2) is 0 Å². The van der Waals surface area contributed by atoms with Gasteiger partial charge in [-0.3, -0.25) is 9.10 Å². The fourth-order valence-corrected chi connectivity index (χ4v) is 3.12. The molecular formula is C16H17ClN2O3S. The van der Waals surface area contributed by atoms with E-state index in [1.807, 2.05) is 13.0 Å². The van der Waals surface area contributed by atoms with Gasteiger partial charge in [0.05, 0.1) is 11.9 Å². The van der Waals surface area contributed by atoms with Gasteiger partial charge in [0, 0.05) is 10.7 Å². The second kappa shape index (κ2) is 7.02. The second-order valence-corrected chi connectivity index (χ2v) is 7.51. The lowest BCUT2D eigenvalue weighted by atomic mass is 10.2. The van der Waals surface area contributed by atoms with E-state index in [1.54, 1.807) is 42.5 Å². The average Bonchev–Trinajstić information content (AvgIpc) is 2.43. The highest BCUT2D eigenvalue weighted by molar-refractivity contribution is 7.92. The third-order valence-electron chi connectivity index (χ3n) is 3.09. The summed E-state index contributed by atoms with van der Waals surface area (Å²) in [6.07, 6.45) is 1.07. The lowest BCUT2D eigenvalue weighted by Gasteiger charge is -2.22. The number of rotatable bonds is 5. The highest BCUT2D eigenvalue weighted by atomic mass is 35.5. The van der Waals surface area contributed by atoms with Crippen molar-refractivity contribution < 1.29 is 13.2 Å². The molecule has 2 aromatic rings.